The van der Waals surface area contributed by atoms with Crippen molar-refractivity contribution in [1.82, 2.24) is 10.2 Å². The Balaban J connectivity index is 0.00000392. The average molecular weight is 400 g/mol. The van der Waals surface area contributed by atoms with Gasteiger partial charge >= 0.3 is 41.5 Å². The van der Waals surface area contributed by atoms with Crippen LogP contribution < -0.4 is 5.32 Å². The van der Waals surface area contributed by atoms with Crippen LogP contribution in [0.5, 0.6) is 0 Å². The fourth-order valence-corrected chi connectivity index (χ4v) is 3.38. The number of carboxylic acids is 1. The fourth-order valence-electron chi connectivity index (χ4n) is 3.38. The number of esters is 1. The van der Waals surface area contributed by atoms with Crippen molar-refractivity contribution in [3.8, 4) is 0 Å². The number of ether oxygens (including phenoxy) is 1. The summed E-state index contributed by atoms with van der Waals surface area (Å²) in [6.07, 6.45) is 2.29. The molecule has 28 heavy (non-hydrogen) atoms. The zero-order valence-corrected chi connectivity index (χ0v) is 15.9. The van der Waals surface area contributed by atoms with Gasteiger partial charge in [-0.15, -0.1) is 0 Å². The van der Waals surface area contributed by atoms with Crippen LogP contribution in [0, 0.1) is 0 Å². The normalized spacial score (nSPS) is 18.1. The van der Waals surface area contributed by atoms with Crippen LogP contribution in [0.1, 0.15) is 38.7 Å². The van der Waals surface area contributed by atoms with Gasteiger partial charge in [-0.25, -0.2) is 4.79 Å². The van der Waals surface area contributed by atoms with Crippen molar-refractivity contribution in [2.24, 2.45) is 0 Å². The topological polar surface area (TPSA) is 95.9 Å². The summed E-state index contributed by atoms with van der Waals surface area (Å²) < 4.78 is 5.14. The first-order valence-electron chi connectivity index (χ1n) is 9.44. The molecule has 0 spiro atoms. The van der Waals surface area contributed by atoms with Gasteiger partial charge in [-0.3, -0.25) is 14.9 Å². The van der Waals surface area contributed by atoms with Crippen LogP contribution in [-0.4, -0.2) is 88.7 Å². The first-order chi connectivity index (χ1) is 12.9. The first kappa shape index (κ1) is 24.6. The summed E-state index contributed by atoms with van der Waals surface area (Å²) in [5.74, 6) is -1.68. The fraction of sp³-hybridized carbons (Fsp3) is 0.550. The van der Waals surface area contributed by atoms with Crippen LogP contribution >= 0.6 is 0 Å². The second kappa shape index (κ2) is 12.2. The average Bonchev–Trinajstić information content (AvgIpc) is 3.15. The molecule has 0 saturated carbocycles. The number of hydrogen-bond donors (Lipinski definition) is 2. The summed E-state index contributed by atoms with van der Waals surface area (Å²) in [5.41, 5.74) is 1.10. The number of carbonyl (C=O) groups excluding carboxylic acids is 2. The summed E-state index contributed by atoms with van der Waals surface area (Å²) in [4.78, 5) is 37.7. The van der Waals surface area contributed by atoms with Crippen LogP contribution in [0.2, 0.25) is 0 Å². The summed E-state index contributed by atoms with van der Waals surface area (Å²) in [7, 11) is 0. The van der Waals surface area contributed by atoms with E-state index in [9.17, 15) is 19.5 Å². The number of nitrogens with one attached hydrogen (secondary N) is 1. The molecule has 0 aliphatic carbocycles. The molecule has 0 aromatic heterocycles. The Morgan fingerprint density at radius 3 is 2.57 bits per heavy atom. The van der Waals surface area contributed by atoms with Crippen LogP contribution in [0.15, 0.2) is 30.3 Å². The predicted molar refractivity (Wildman–Crippen MR) is 107 cm³/mol. The Morgan fingerprint density at radius 2 is 1.96 bits per heavy atom. The molecule has 150 valence electrons. The van der Waals surface area contributed by atoms with Crippen LogP contribution in [0.3, 0.4) is 0 Å². The van der Waals surface area contributed by atoms with Crippen molar-refractivity contribution in [3.05, 3.63) is 35.9 Å². The molecule has 1 fully saturated rings. The number of aliphatic carboxylic acids is 1. The van der Waals surface area contributed by atoms with Gasteiger partial charge in [-0.05, 0) is 45.1 Å². The number of carboxylic acid groups (broad SMARTS) is 1. The third-order valence-corrected chi connectivity index (χ3v) is 4.78. The summed E-state index contributed by atoms with van der Waals surface area (Å²) in [6, 6.07) is 7.69. The third kappa shape index (κ3) is 6.88. The van der Waals surface area contributed by atoms with Crippen molar-refractivity contribution >= 4 is 47.4 Å². The number of amides is 1. The molecule has 2 N–H and O–H groups in total. The second-order valence-corrected chi connectivity index (χ2v) is 6.75. The Labute approximate surface area is 188 Å². The maximum absolute atomic E-state index is 12.7. The van der Waals surface area contributed by atoms with E-state index in [1.54, 1.807) is 13.8 Å². The van der Waals surface area contributed by atoms with E-state index in [-0.39, 0.29) is 42.1 Å². The standard InChI is InChI=1S/C20H28N2O5.Na.H/c1-3-27-20(26)16(12-11-15-8-5-4-6-9-15)21-14(2)18(23)22-13-7-10-17(22)19(24)25;;/h4-6,8-9,14,16-17,21H,3,7,10-13H2,1-2H3,(H,24,25);;/t14-,16-,17-;;/m0../s1. The molecule has 1 saturated heterocycles. The number of carbonyl (C=O) groups is 3. The van der Waals surface area contributed by atoms with E-state index in [0.29, 0.717) is 32.2 Å². The van der Waals surface area contributed by atoms with Crippen LogP contribution in [-0.2, 0) is 25.5 Å². The second-order valence-electron chi connectivity index (χ2n) is 6.75. The van der Waals surface area contributed by atoms with E-state index in [4.69, 9.17) is 4.74 Å². The Kier molecular flexibility index (Phi) is 10.7. The molecule has 1 aromatic rings. The van der Waals surface area contributed by atoms with Gasteiger partial charge in [0.05, 0.1) is 12.6 Å². The number of nitrogens with zero attached hydrogens (tertiary/aromatic N) is 1. The van der Waals surface area contributed by atoms with Crippen molar-refractivity contribution < 1.29 is 24.2 Å². The Bertz CT molecular complexity index is 655. The van der Waals surface area contributed by atoms with Gasteiger partial charge in [0.1, 0.15) is 12.1 Å². The Hall–Kier alpha value is -1.41. The molecular weight excluding hydrogens is 371 g/mol. The maximum atomic E-state index is 12.7. The molecule has 1 amide bonds. The minimum absolute atomic E-state index is 0. The molecule has 0 radical (unpaired) electrons. The summed E-state index contributed by atoms with van der Waals surface area (Å²) >= 11 is 0. The van der Waals surface area contributed by atoms with Gasteiger partial charge in [0, 0.05) is 6.54 Å². The number of hydrogen-bond acceptors (Lipinski definition) is 5. The monoisotopic (exact) mass is 400 g/mol. The quantitative estimate of drug-likeness (QED) is 0.474. The Morgan fingerprint density at radius 1 is 1.29 bits per heavy atom. The van der Waals surface area contributed by atoms with Gasteiger partial charge in [-0.1, -0.05) is 30.3 Å². The zero-order valence-electron chi connectivity index (χ0n) is 15.9. The predicted octanol–water partition coefficient (Wildman–Crippen LogP) is 0.956. The molecule has 1 heterocycles. The zero-order chi connectivity index (χ0) is 19.8. The number of rotatable bonds is 9. The van der Waals surface area contributed by atoms with Gasteiger partial charge in [0.15, 0.2) is 0 Å². The molecule has 8 heteroatoms. The number of likely N-dealkylation sites (tertiary alicyclic amines) is 1. The molecule has 7 nitrogen and oxygen atoms in total. The molecule has 0 unspecified atom stereocenters. The molecule has 1 aliphatic rings. The van der Waals surface area contributed by atoms with Crippen molar-refractivity contribution in [2.75, 3.05) is 13.2 Å². The van der Waals surface area contributed by atoms with Gasteiger partial charge < -0.3 is 14.7 Å². The van der Waals surface area contributed by atoms with Gasteiger partial charge in [-0.2, -0.15) is 0 Å². The molecule has 1 aliphatic heterocycles. The number of aryl methyl sites for hydroxylation is 1. The summed E-state index contributed by atoms with van der Waals surface area (Å²) in [5, 5.41) is 12.3. The van der Waals surface area contributed by atoms with E-state index in [2.05, 4.69) is 5.32 Å². The first-order valence-corrected chi connectivity index (χ1v) is 9.44. The SMILES string of the molecule is CCOC(=O)[C@H](CCc1ccccc1)N[C@@H](C)C(=O)N1CCC[C@H]1C(=O)O.[NaH]. The summed E-state index contributed by atoms with van der Waals surface area (Å²) in [6.45, 7) is 4.09. The van der Waals surface area contributed by atoms with Gasteiger partial charge in [0.25, 0.3) is 0 Å². The molecule has 3 atom stereocenters. The molecule has 0 bridgehead atoms. The van der Waals surface area contributed by atoms with E-state index < -0.39 is 30.1 Å². The van der Waals surface area contributed by atoms with Crippen molar-refractivity contribution in [3.63, 3.8) is 0 Å². The van der Waals surface area contributed by atoms with Crippen LogP contribution in [0.4, 0.5) is 0 Å². The molecule has 2 rings (SSSR count). The van der Waals surface area contributed by atoms with Crippen LogP contribution in [0.25, 0.3) is 0 Å². The van der Waals surface area contributed by atoms with E-state index in [1.807, 2.05) is 30.3 Å². The minimum atomic E-state index is -0.987. The van der Waals surface area contributed by atoms with Gasteiger partial charge in [0.2, 0.25) is 5.91 Å². The number of benzene rings is 1. The van der Waals surface area contributed by atoms with Crippen molar-refractivity contribution in [2.45, 2.75) is 57.7 Å². The molecule has 1 aromatic carbocycles. The van der Waals surface area contributed by atoms with E-state index >= 15 is 0 Å². The third-order valence-electron chi connectivity index (χ3n) is 4.78. The van der Waals surface area contributed by atoms with E-state index in [0.717, 1.165) is 5.56 Å². The van der Waals surface area contributed by atoms with Crippen molar-refractivity contribution in [1.29, 1.82) is 0 Å². The molecular formula is C20H29N2NaO5. The van der Waals surface area contributed by atoms with E-state index in [1.165, 1.54) is 4.90 Å².